The molecule has 0 aromatic heterocycles. The van der Waals surface area contributed by atoms with Crippen LogP contribution in [0.2, 0.25) is 5.02 Å². The Balaban J connectivity index is 1.90. The van der Waals surface area contributed by atoms with Crippen LogP contribution in [0.3, 0.4) is 0 Å². The van der Waals surface area contributed by atoms with Crippen molar-refractivity contribution in [3.63, 3.8) is 0 Å². The van der Waals surface area contributed by atoms with Gasteiger partial charge in [0.25, 0.3) is 0 Å². The Bertz CT molecular complexity index is 1450. The smallest absolute Gasteiger partial charge is 0.243 e. The lowest BCUT2D eigenvalue weighted by Crippen LogP contribution is -2.50. The lowest BCUT2D eigenvalue weighted by atomic mass is 10.0. The molecule has 1 N–H and O–H groups in total. The maximum atomic E-state index is 13.9. The lowest BCUT2D eigenvalue weighted by molar-refractivity contribution is -0.141. The fourth-order valence-corrected chi connectivity index (χ4v) is 6.07. The minimum atomic E-state index is -3.59. The summed E-state index contributed by atoms with van der Waals surface area (Å²) in [6.45, 7) is 6.70. The van der Waals surface area contributed by atoms with Gasteiger partial charge < -0.3 is 10.2 Å². The number of benzene rings is 3. The summed E-state index contributed by atoms with van der Waals surface area (Å²) in [4.78, 5) is 29.1. The predicted octanol–water partition coefficient (Wildman–Crippen LogP) is 6.06. The van der Waals surface area contributed by atoms with Crippen LogP contribution < -0.4 is 9.62 Å². The topological polar surface area (TPSA) is 86.8 Å². The van der Waals surface area contributed by atoms with E-state index in [1.165, 1.54) is 10.6 Å². The van der Waals surface area contributed by atoms with E-state index < -0.39 is 16.1 Å². The predicted molar refractivity (Wildman–Crippen MR) is 171 cm³/mol. The van der Waals surface area contributed by atoms with Gasteiger partial charge in [-0.25, -0.2) is 8.42 Å². The van der Waals surface area contributed by atoms with Gasteiger partial charge in [-0.3, -0.25) is 13.9 Å². The molecule has 1 atom stereocenters. The van der Waals surface area contributed by atoms with Gasteiger partial charge in [-0.15, -0.1) is 0 Å². The van der Waals surface area contributed by atoms with Gasteiger partial charge >= 0.3 is 0 Å². The number of amides is 2. The monoisotopic (exact) mass is 611 g/mol. The summed E-state index contributed by atoms with van der Waals surface area (Å²) in [5.74, 6) is -0.461. The van der Waals surface area contributed by atoms with E-state index >= 15 is 0 Å². The second-order valence-corrected chi connectivity index (χ2v) is 12.9. The number of rotatable bonds is 15. The fourth-order valence-electron chi connectivity index (χ4n) is 4.86. The van der Waals surface area contributed by atoms with Crippen LogP contribution in [0.4, 0.5) is 5.69 Å². The van der Waals surface area contributed by atoms with E-state index in [4.69, 9.17) is 11.6 Å². The first-order valence-electron chi connectivity index (χ1n) is 14.4. The number of unbranched alkanes of at least 4 members (excludes halogenated alkanes) is 1. The summed E-state index contributed by atoms with van der Waals surface area (Å²) < 4.78 is 26.9. The third-order valence-electron chi connectivity index (χ3n) is 7.40. The zero-order valence-corrected chi connectivity index (χ0v) is 26.5. The van der Waals surface area contributed by atoms with Gasteiger partial charge in [-0.1, -0.05) is 85.6 Å². The SMILES string of the molecule is CCCCNC(=O)[C@@H](Cc1ccccc1)N(Cc1ccccc1Cl)C(=O)CCCN(c1cccc(C)c1C)S(C)(=O)=O. The normalized spacial score (nSPS) is 12.0. The molecular formula is C33H42ClN3O4S. The largest absolute Gasteiger partial charge is 0.354 e. The molecule has 0 aliphatic heterocycles. The minimum Gasteiger partial charge on any atom is -0.354 e. The van der Waals surface area contributed by atoms with Crippen molar-refractivity contribution in [3.8, 4) is 0 Å². The highest BCUT2D eigenvalue weighted by Crippen LogP contribution is 2.26. The summed E-state index contributed by atoms with van der Waals surface area (Å²) in [5.41, 5.74) is 4.14. The number of nitrogens with one attached hydrogen (secondary N) is 1. The molecule has 0 radical (unpaired) electrons. The van der Waals surface area contributed by atoms with Gasteiger partial charge in [-0.2, -0.15) is 0 Å². The van der Waals surface area contributed by atoms with Gasteiger partial charge in [0.15, 0.2) is 0 Å². The van der Waals surface area contributed by atoms with Crippen LogP contribution >= 0.6 is 11.6 Å². The number of anilines is 1. The Hall–Kier alpha value is -3.36. The molecule has 42 heavy (non-hydrogen) atoms. The molecule has 0 spiro atoms. The highest BCUT2D eigenvalue weighted by atomic mass is 35.5. The quantitative estimate of drug-likeness (QED) is 0.212. The molecule has 0 fully saturated rings. The summed E-state index contributed by atoms with van der Waals surface area (Å²) in [7, 11) is -3.59. The Morgan fingerprint density at radius 2 is 1.62 bits per heavy atom. The van der Waals surface area contributed by atoms with E-state index in [1.807, 2.05) is 74.5 Å². The van der Waals surface area contributed by atoms with Crippen molar-refractivity contribution in [2.45, 2.75) is 65.5 Å². The Morgan fingerprint density at radius 3 is 2.29 bits per heavy atom. The average Bonchev–Trinajstić information content (AvgIpc) is 2.95. The van der Waals surface area contributed by atoms with Crippen LogP contribution in [-0.4, -0.2) is 50.5 Å². The Morgan fingerprint density at radius 1 is 0.929 bits per heavy atom. The van der Waals surface area contributed by atoms with E-state index in [0.29, 0.717) is 23.7 Å². The molecule has 0 heterocycles. The highest BCUT2D eigenvalue weighted by Gasteiger charge is 2.31. The van der Waals surface area contributed by atoms with Gasteiger partial charge in [0.2, 0.25) is 21.8 Å². The average molecular weight is 612 g/mol. The minimum absolute atomic E-state index is 0.0644. The molecule has 0 saturated carbocycles. The fraction of sp³-hybridized carbons (Fsp3) is 0.394. The van der Waals surface area contributed by atoms with Crippen molar-refractivity contribution >= 4 is 39.1 Å². The molecular weight excluding hydrogens is 570 g/mol. The highest BCUT2D eigenvalue weighted by molar-refractivity contribution is 7.92. The third kappa shape index (κ3) is 9.33. The number of nitrogens with zero attached hydrogens (tertiary/aromatic N) is 2. The number of hydrogen-bond acceptors (Lipinski definition) is 4. The molecule has 226 valence electrons. The zero-order valence-electron chi connectivity index (χ0n) is 25.0. The Kier molecular flexibility index (Phi) is 12.4. The second-order valence-electron chi connectivity index (χ2n) is 10.6. The van der Waals surface area contributed by atoms with Crippen molar-refractivity contribution in [3.05, 3.63) is 100 Å². The number of carbonyl (C=O) groups excluding carboxylic acids is 2. The van der Waals surface area contributed by atoms with Crippen LogP contribution in [-0.2, 0) is 32.6 Å². The maximum absolute atomic E-state index is 13.9. The van der Waals surface area contributed by atoms with Gasteiger partial charge in [0, 0.05) is 37.5 Å². The van der Waals surface area contributed by atoms with Gasteiger partial charge in [0.05, 0.1) is 11.9 Å². The molecule has 0 aliphatic rings. The summed E-state index contributed by atoms with van der Waals surface area (Å²) in [6.07, 6.45) is 3.64. The van der Waals surface area contributed by atoms with Crippen LogP contribution in [0.1, 0.15) is 54.9 Å². The molecule has 0 saturated heterocycles. The number of halogens is 1. The van der Waals surface area contributed by atoms with E-state index in [0.717, 1.165) is 35.1 Å². The van der Waals surface area contributed by atoms with E-state index in [9.17, 15) is 18.0 Å². The second kappa shape index (κ2) is 15.8. The molecule has 9 heteroatoms. The van der Waals surface area contributed by atoms with Gasteiger partial charge in [0.1, 0.15) is 6.04 Å². The van der Waals surface area contributed by atoms with E-state index in [2.05, 4.69) is 12.2 Å². The molecule has 0 unspecified atom stereocenters. The Labute approximate surface area is 255 Å². The first-order chi connectivity index (χ1) is 20.0. The standard InChI is InChI=1S/C33H42ClN3O4S/c1-5-6-21-35-33(39)31(23-27-15-8-7-9-16-27)36(24-28-17-10-11-18-29(28)34)32(38)20-13-22-37(42(4,40)41)30-19-12-14-25(2)26(30)3/h7-12,14-19,31H,5-6,13,20-24H2,1-4H3,(H,35,39)/t31-/m1/s1. The number of sulfonamides is 1. The molecule has 0 aliphatic carbocycles. The van der Waals surface area contributed by atoms with Crippen molar-refractivity contribution in [1.29, 1.82) is 0 Å². The molecule has 3 rings (SSSR count). The summed E-state index contributed by atoms with van der Waals surface area (Å²) in [5, 5.41) is 3.53. The van der Waals surface area contributed by atoms with Crippen LogP contribution in [0, 0.1) is 13.8 Å². The molecule has 3 aromatic carbocycles. The van der Waals surface area contributed by atoms with Gasteiger partial charge in [-0.05, 0) is 61.1 Å². The van der Waals surface area contributed by atoms with Crippen LogP contribution in [0.5, 0.6) is 0 Å². The number of aryl methyl sites for hydroxylation is 1. The van der Waals surface area contributed by atoms with Crippen molar-refractivity contribution in [1.82, 2.24) is 10.2 Å². The van der Waals surface area contributed by atoms with Crippen molar-refractivity contribution in [2.24, 2.45) is 0 Å². The maximum Gasteiger partial charge on any atom is 0.243 e. The first-order valence-corrected chi connectivity index (χ1v) is 16.6. The van der Waals surface area contributed by atoms with E-state index in [-0.39, 0.29) is 37.7 Å². The molecule has 7 nitrogen and oxygen atoms in total. The third-order valence-corrected chi connectivity index (χ3v) is 8.94. The summed E-state index contributed by atoms with van der Waals surface area (Å²) in [6, 6.07) is 21.7. The van der Waals surface area contributed by atoms with E-state index in [1.54, 1.807) is 17.0 Å². The molecule has 0 bridgehead atoms. The zero-order chi connectivity index (χ0) is 30.7. The first kappa shape index (κ1) is 33.1. The van der Waals surface area contributed by atoms with Crippen molar-refractivity contribution in [2.75, 3.05) is 23.7 Å². The summed E-state index contributed by atoms with van der Waals surface area (Å²) >= 11 is 6.50. The molecule has 2 amide bonds. The lowest BCUT2D eigenvalue weighted by Gasteiger charge is -2.32. The van der Waals surface area contributed by atoms with Crippen LogP contribution in [0.25, 0.3) is 0 Å². The number of hydrogen-bond donors (Lipinski definition) is 1. The number of carbonyl (C=O) groups is 2. The molecule has 3 aromatic rings. The van der Waals surface area contributed by atoms with Crippen molar-refractivity contribution < 1.29 is 18.0 Å². The van der Waals surface area contributed by atoms with Crippen LogP contribution in [0.15, 0.2) is 72.8 Å².